The first-order valence-electron chi connectivity index (χ1n) is 8.41. The average Bonchev–Trinajstić information content (AvgIpc) is 3.37. The monoisotopic (exact) mass is 302 g/mol. The third-order valence-corrected chi connectivity index (χ3v) is 5.03. The van der Waals surface area contributed by atoms with Crippen molar-refractivity contribution in [3.63, 3.8) is 0 Å². The fourth-order valence-electron chi connectivity index (χ4n) is 3.29. The molecule has 0 bridgehead atoms. The Morgan fingerprint density at radius 2 is 1.77 bits per heavy atom. The molecule has 0 atom stereocenters. The Morgan fingerprint density at radius 3 is 2.32 bits per heavy atom. The predicted octanol–water partition coefficient (Wildman–Crippen LogP) is 3.31. The van der Waals surface area contributed by atoms with Crippen LogP contribution in [0.15, 0.2) is 24.3 Å². The van der Waals surface area contributed by atoms with E-state index in [0.29, 0.717) is 0 Å². The molecular weight excluding hydrogens is 276 g/mol. The van der Waals surface area contributed by atoms with Gasteiger partial charge in [-0.2, -0.15) is 0 Å². The van der Waals surface area contributed by atoms with Crippen LogP contribution in [0.4, 0.5) is 4.79 Å². The fourth-order valence-corrected chi connectivity index (χ4v) is 3.29. The van der Waals surface area contributed by atoms with Crippen molar-refractivity contribution >= 4 is 6.03 Å². The smallest absolute Gasteiger partial charge is 0.317 e. The third-order valence-electron chi connectivity index (χ3n) is 5.03. The molecule has 0 aromatic heterocycles. The number of likely N-dealkylation sites (tertiary alicyclic amines) is 1. The van der Waals surface area contributed by atoms with Crippen LogP contribution in [0.1, 0.15) is 44.1 Å². The number of hydrogen-bond acceptors (Lipinski definition) is 2. The second-order valence-corrected chi connectivity index (χ2v) is 6.57. The Hall–Kier alpha value is -1.71. The molecule has 1 saturated carbocycles. The zero-order valence-corrected chi connectivity index (χ0v) is 13.4. The minimum atomic E-state index is 0.113. The second kappa shape index (κ2) is 6.59. The fraction of sp³-hybridized carbons (Fsp3) is 0.611. The van der Waals surface area contributed by atoms with Crippen molar-refractivity contribution in [3.8, 4) is 5.75 Å². The van der Waals surface area contributed by atoms with Gasteiger partial charge in [0.1, 0.15) is 5.75 Å². The highest BCUT2D eigenvalue weighted by Gasteiger charge is 2.44. The third kappa shape index (κ3) is 3.37. The molecule has 4 nitrogen and oxygen atoms in total. The standard InChI is InChI=1S/C18H26N2O2/c1-22-16-8-6-15(7-9-16)18(10-11-18)14-19-17(21)20-12-4-2-3-5-13-20/h6-9H,2-5,10-14H2,1H3,(H,19,21). The number of carbonyl (C=O) groups is 1. The van der Waals surface area contributed by atoms with Gasteiger partial charge in [-0.1, -0.05) is 25.0 Å². The highest BCUT2D eigenvalue weighted by molar-refractivity contribution is 5.74. The van der Waals surface area contributed by atoms with Crippen LogP contribution >= 0.6 is 0 Å². The molecule has 0 radical (unpaired) electrons. The van der Waals surface area contributed by atoms with Gasteiger partial charge in [0.05, 0.1) is 7.11 Å². The van der Waals surface area contributed by atoms with Crippen molar-refractivity contribution in [2.24, 2.45) is 0 Å². The van der Waals surface area contributed by atoms with E-state index in [2.05, 4.69) is 17.4 Å². The molecule has 4 heteroatoms. The van der Waals surface area contributed by atoms with Gasteiger partial charge in [0.2, 0.25) is 0 Å². The highest BCUT2D eigenvalue weighted by atomic mass is 16.5. The SMILES string of the molecule is COc1ccc(C2(CNC(=O)N3CCCCCC3)CC2)cc1. The van der Waals surface area contributed by atoms with Crippen molar-refractivity contribution in [3.05, 3.63) is 29.8 Å². The summed E-state index contributed by atoms with van der Waals surface area (Å²) < 4.78 is 5.22. The molecule has 1 aromatic carbocycles. The first-order valence-corrected chi connectivity index (χ1v) is 8.41. The summed E-state index contributed by atoms with van der Waals surface area (Å²) in [6.07, 6.45) is 7.08. The lowest BCUT2D eigenvalue weighted by Crippen LogP contribution is -2.43. The number of hydrogen-bond donors (Lipinski definition) is 1. The molecule has 2 amide bonds. The molecule has 1 aliphatic heterocycles. The molecule has 0 spiro atoms. The summed E-state index contributed by atoms with van der Waals surface area (Å²) in [6, 6.07) is 8.38. The molecule has 1 heterocycles. The molecule has 1 aliphatic carbocycles. The van der Waals surface area contributed by atoms with Crippen molar-refractivity contribution in [2.45, 2.75) is 43.9 Å². The van der Waals surface area contributed by atoms with Crippen LogP contribution in [0.25, 0.3) is 0 Å². The maximum absolute atomic E-state index is 12.4. The van der Waals surface area contributed by atoms with Crippen molar-refractivity contribution in [2.75, 3.05) is 26.7 Å². The van der Waals surface area contributed by atoms with E-state index in [0.717, 1.165) is 51.1 Å². The minimum absolute atomic E-state index is 0.113. The van der Waals surface area contributed by atoms with Gasteiger partial charge in [-0.15, -0.1) is 0 Å². The molecule has 22 heavy (non-hydrogen) atoms. The maximum Gasteiger partial charge on any atom is 0.317 e. The van der Waals surface area contributed by atoms with Gasteiger partial charge in [0, 0.05) is 25.0 Å². The Balaban J connectivity index is 1.56. The minimum Gasteiger partial charge on any atom is -0.497 e. The van der Waals surface area contributed by atoms with Crippen LogP contribution in [0.3, 0.4) is 0 Å². The van der Waals surface area contributed by atoms with E-state index in [1.165, 1.54) is 18.4 Å². The molecular formula is C18H26N2O2. The van der Waals surface area contributed by atoms with E-state index in [1.807, 2.05) is 17.0 Å². The lowest BCUT2D eigenvalue weighted by atomic mass is 9.96. The molecule has 120 valence electrons. The lowest BCUT2D eigenvalue weighted by Gasteiger charge is -2.23. The number of rotatable bonds is 4. The zero-order chi connectivity index (χ0) is 15.4. The van der Waals surface area contributed by atoms with Gasteiger partial charge < -0.3 is 15.0 Å². The molecule has 3 rings (SSSR count). The predicted molar refractivity (Wildman–Crippen MR) is 87.3 cm³/mol. The van der Waals surface area contributed by atoms with Crippen LogP contribution in [-0.2, 0) is 5.41 Å². The molecule has 1 saturated heterocycles. The molecule has 0 unspecified atom stereocenters. The topological polar surface area (TPSA) is 41.6 Å². The summed E-state index contributed by atoms with van der Waals surface area (Å²) in [5, 5.41) is 3.17. The summed E-state index contributed by atoms with van der Waals surface area (Å²) >= 11 is 0. The van der Waals surface area contributed by atoms with Crippen LogP contribution in [0.5, 0.6) is 5.75 Å². The van der Waals surface area contributed by atoms with Gasteiger partial charge in [0.15, 0.2) is 0 Å². The van der Waals surface area contributed by atoms with E-state index in [-0.39, 0.29) is 11.4 Å². The van der Waals surface area contributed by atoms with Crippen LogP contribution in [0.2, 0.25) is 0 Å². The van der Waals surface area contributed by atoms with E-state index in [4.69, 9.17) is 4.74 Å². The largest absolute Gasteiger partial charge is 0.497 e. The van der Waals surface area contributed by atoms with Crippen LogP contribution in [0, 0.1) is 0 Å². The highest BCUT2D eigenvalue weighted by Crippen LogP contribution is 2.47. The number of nitrogens with one attached hydrogen (secondary N) is 1. The van der Waals surface area contributed by atoms with Gasteiger partial charge in [-0.25, -0.2) is 4.79 Å². The van der Waals surface area contributed by atoms with E-state index >= 15 is 0 Å². The van der Waals surface area contributed by atoms with Crippen LogP contribution < -0.4 is 10.1 Å². The zero-order valence-electron chi connectivity index (χ0n) is 13.4. The van der Waals surface area contributed by atoms with Gasteiger partial charge in [-0.05, 0) is 43.4 Å². The van der Waals surface area contributed by atoms with Crippen molar-refractivity contribution in [1.29, 1.82) is 0 Å². The Kier molecular flexibility index (Phi) is 4.55. The number of amides is 2. The summed E-state index contributed by atoms with van der Waals surface area (Å²) in [5.74, 6) is 0.883. The summed E-state index contributed by atoms with van der Waals surface area (Å²) in [6.45, 7) is 2.55. The van der Waals surface area contributed by atoms with E-state index in [9.17, 15) is 4.79 Å². The van der Waals surface area contributed by atoms with Gasteiger partial charge in [0.25, 0.3) is 0 Å². The Labute approximate surface area is 132 Å². The summed E-state index contributed by atoms with van der Waals surface area (Å²) in [4.78, 5) is 14.3. The first kappa shape index (κ1) is 15.2. The van der Waals surface area contributed by atoms with Crippen LogP contribution in [-0.4, -0.2) is 37.7 Å². The molecule has 1 aromatic rings. The number of methoxy groups -OCH3 is 1. The lowest BCUT2D eigenvalue weighted by molar-refractivity contribution is 0.199. The number of urea groups is 1. The summed E-state index contributed by atoms with van der Waals surface area (Å²) in [5.41, 5.74) is 1.46. The van der Waals surface area contributed by atoms with E-state index in [1.54, 1.807) is 7.11 Å². The molecule has 2 fully saturated rings. The number of benzene rings is 1. The quantitative estimate of drug-likeness (QED) is 0.927. The number of carbonyl (C=O) groups excluding carboxylic acids is 1. The van der Waals surface area contributed by atoms with Gasteiger partial charge in [-0.3, -0.25) is 0 Å². The van der Waals surface area contributed by atoms with Gasteiger partial charge >= 0.3 is 6.03 Å². The van der Waals surface area contributed by atoms with E-state index < -0.39 is 0 Å². The maximum atomic E-state index is 12.4. The van der Waals surface area contributed by atoms with Crippen molar-refractivity contribution in [1.82, 2.24) is 10.2 Å². The molecule has 2 aliphatic rings. The summed E-state index contributed by atoms with van der Waals surface area (Å²) in [7, 11) is 1.68. The second-order valence-electron chi connectivity index (χ2n) is 6.57. The first-order chi connectivity index (χ1) is 10.7. The molecule has 1 N–H and O–H groups in total. The number of ether oxygens (including phenoxy) is 1. The Bertz CT molecular complexity index is 500. The van der Waals surface area contributed by atoms with Crippen molar-refractivity contribution < 1.29 is 9.53 Å². The normalized spacial score (nSPS) is 20.1. The Morgan fingerprint density at radius 1 is 1.14 bits per heavy atom. The average molecular weight is 302 g/mol. The number of nitrogens with zero attached hydrogens (tertiary/aromatic N) is 1.